The zero-order valence-corrected chi connectivity index (χ0v) is 53.8. The zero-order chi connectivity index (χ0) is 57.7. The van der Waals surface area contributed by atoms with E-state index >= 15 is 0 Å². The van der Waals surface area contributed by atoms with Crippen LogP contribution in [0.1, 0.15) is 128 Å². The first-order chi connectivity index (χ1) is 40.1. The molecule has 8 bridgehead atoms. The monoisotopic (exact) mass is 1150 g/mol. The predicted octanol–water partition coefficient (Wildman–Crippen LogP) is 21.6. The van der Waals surface area contributed by atoms with Crippen molar-refractivity contribution in [3.63, 3.8) is 0 Å². The minimum atomic E-state index is -0.135. The van der Waals surface area contributed by atoms with E-state index in [0.29, 0.717) is 0 Å². The Hall–Kier alpha value is -8.50. The molecule has 0 unspecified atom stereocenters. The van der Waals surface area contributed by atoms with Crippen LogP contribution in [0.2, 0.25) is 0 Å². The number of hydrogen-bond acceptors (Lipinski definition) is 2. The largest absolute Gasteiger partial charge is 2.00 e. The quantitative estimate of drug-likeness (QED) is 0.100. The van der Waals surface area contributed by atoms with Gasteiger partial charge in [-0.3, -0.25) is 0 Å². The number of fused-ring (bicyclic) bond motifs is 10. The topological polar surface area (TPSA) is 54.0 Å². The number of nitrogens with zero attached hydrogens (tertiary/aromatic N) is 4. The zero-order valence-electron chi connectivity index (χ0n) is 50.8. The molecule has 0 radical (unpaired) electrons. The third-order valence-electron chi connectivity index (χ3n) is 18.6. The van der Waals surface area contributed by atoms with E-state index in [1.807, 2.05) is 0 Å². The Labute approximate surface area is 509 Å². The molecule has 14 aromatic rings. The normalized spacial score (nSPS) is 13.5. The minimum absolute atomic E-state index is 0. The Morgan fingerprint density at radius 1 is 0.294 bits per heavy atom. The fourth-order valence-electron chi connectivity index (χ4n) is 14.0. The molecule has 0 spiro atoms. The van der Waals surface area contributed by atoms with E-state index in [-0.39, 0.29) is 41.1 Å². The molecule has 3 aromatic heterocycles. The molecule has 16 rings (SSSR count). The summed E-state index contributed by atoms with van der Waals surface area (Å²) in [6.07, 6.45) is 8.95. The molecule has 85 heavy (non-hydrogen) atoms. The number of benzene rings is 11. The van der Waals surface area contributed by atoms with Gasteiger partial charge in [0.05, 0.1) is 22.8 Å². The van der Waals surface area contributed by atoms with Crippen molar-refractivity contribution in [2.24, 2.45) is 0 Å². The third kappa shape index (κ3) is 8.17. The van der Waals surface area contributed by atoms with Crippen LogP contribution in [0.15, 0.2) is 158 Å². The molecule has 11 aromatic carbocycles. The number of rotatable bonds is 3. The molecule has 0 amide bonds. The maximum absolute atomic E-state index is 6.01. The number of hydrogen-bond donors (Lipinski definition) is 0. The van der Waals surface area contributed by atoms with Crippen molar-refractivity contribution in [1.29, 1.82) is 0 Å². The van der Waals surface area contributed by atoms with Gasteiger partial charge in [0.15, 0.2) is 0 Å². The first kappa shape index (κ1) is 53.2. The molecule has 4 nitrogen and oxygen atoms in total. The molecule has 0 saturated heterocycles. The summed E-state index contributed by atoms with van der Waals surface area (Å²) in [6.45, 7) is 27.8. The van der Waals surface area contributed by atoms with Gasteiger partial charge in [-0.1, -0.05) is 235 Å². The van der Waals surface area contributed by atoms with E-state index < -0.39 is 0 Å². The van der Waals surface area contributed by atoms with Gasteiger partial charge >= 0.3 is 19.5 Å². The molecule has 0 atom stereocenters. The average Bonchev–Trinajstić information content (AvgIpc) is 2.90. The van der Waals surface area contributed by atoms with Crippen LogP contribution < -0.4 is 9.97 Å². The van der Waals surface area contributed by atoms with Crippen molar-refractivity contribution in [2.75, 3.05) is 0 Å². The summed E-state index contributed by atoms with van der Waals surface area (Å²) in [4.78, 5) is 23.7. The SMILES string of the molecule is CC(C)(C)c1cc(-c2c3nc(c4c5ccc6ccc7cccc8cc(c9cc([n-]c94)c(-c4cc(C(C)(C)C)cc(C(C)(C)C)c4)c4nc(c(-c9ccc%10ccc%11cccc%12ccc9c%10c%11%12)c9ccc2[n-]9)C=C4)c5c6c78)C=C3)cc(C(C)(C)C)c1.[Zn+2]. The second-order valence-electron chi connectivity index (χ2n) is 28.3. The van der Waals surface area contributed by atoms with Gasteiger partial charge in [0.2, 0.25) is 0 Å². The van der Waals surface area contributed by atoms with E-state index in [1.54, 1.807) is 0 Å². The fourth-order valence-corrected chi connectivity index (χ4v) is 14.0. The molecule has 5 heterocycles. The second-order valence-corrected chi connectivity index (χ2v) is 28.3. The van der Waals surface area contributed by atoms with Crippen molar-refractivity contribution in [1.82, 2.24) is 19.9 Å². The third-order valence-corrected chi connectivity index (χ3v) is 18.6. The van der Waals surface area contributed by atoms with Crippen LogP contribution in [0.3, 0.4) is 0 Å². The first-order valence-electron chi connectivity index (χ1n) is 29.9. The molecular weight excluding hydrogens is 1080 g/mol. The summed E-state index contributed by atoms with van der Waals surface area (Å²) in [6, 6.07) is 60.0. The van der Waals surface area contributed by atoms with Gasteiger partial charge in [-0.15, -0.1) is 22.1 Å². The Balaban J connectivity index is 0.00000613. The van der Waals surface area contributed by atoms with E-state index in [0.717, 1.165) is 94.4 Å². The minimum Gasteiger partial charge on any atom is -0.657 e. The van der Waals surface area contributed by atoms with Crippen LogP contribution >= 0.6 is 0 Å². The smallest absolute Gasteiger partial charge is 0.657 e. The molecule has 0 saturated carbocycles. The van der Waals surface area contributed by atoms with Crippen molar-refractivity contribution in [2.45, 2.75) is 105 Å². The van der Waals surface area contributed by atoms with Crippen molar-refractivity contribution < 1.29 is 19.5 Å². The Kier molecular flexibility index (Phi) is 11.4. The summed E-state index contributed by atoms with van der Waals surface area (Å²) in [5, 5.41) is 19.4. The molecular formula is C80H66N4Zn. The van der Waals surface area contributed by atoms with Crippen LogP contribution in [0.5, 0.6) is 0 Å². The summed E-state index contributed by atoms with van der Waals surface area (Å²) in [7, 11) is 0. The second kappa shape index (κ2) is 18.3. The standard InChI is InChI=1S/C80H66N4.Zn/c1-77(2,3)51-35-49(36-52(40-51)78(4,5)6)70-60-29-32-63(81-60)74(56-27-24-46-21-19-43-15-13-16-45-23-26-55(56)69(46)67(43)45)64-33-30-62(82-64)71(50-37-53(79(7,8)9)41-54(38-50)80(10,11)12)66-42-59-58-39-48-18-14-17-44-20-22-47-25-28-57(73(58)72(47)68(44)48)75(76(59)84-66)65-34-31-61(70)83-65;/h13-42H,1-12H3;/q-2;+2. The Bertz CT molecular complexity index is 5320. The summed E-state index contributed by atoms with van der Waals surface area (Å²) in [5.41, 5.74) is 17.8. The summed E-state index contributed by atoms with van der Waals surface area (Å²) in [5.74, 6) is 0. The van der Waals surface area contributed by atoms with E-state index in [4.69, 9.17) is 19.9 Å². The van der Waals surface area contributed by atoms with Gasteiger partial charge in [0.25, 0.3) is 0 Å². The molecule has 2 aliphatic heterocycles. The summed E-state index contributed by atoms with van der Waals surface area (Å²) < 4.78 is 0. The van der Waals surface area contributed by atoms with E-state index in [9.17, 15) is 0 Å². The van der Waals surface area contributed by atoms with Crippen molar-refractivity contribution >= 4 is 133 Å². The van der Waals surface area contributed by atoms with E-state index in [2.05, 4.69) is 265 Å². The van der Waals surface area contributed by atoms with Crippen LogP contribution in [0.4, 0.5) is 0 Å². The molecule has 2 aliphatic rings. The predicted molar refractivity (Wildman–Crippen MR) is 362 cm³/mol. The van der Waals surface area contributed by atoms with Gasteiger partial charge in [-0.2, -0.15) is 0 Å². The summed E-state index contributed by atoms with van der Waals surface area (Å²) >= 11 is 0. The Morgan fingerprint density at radius 3 is 1.27 bits per heavy atom. The van der Waals surface area contributed by atoms with Crippen LogP contribution in [0.25, 0.3) is 166 Å². The van der Waals surface area contributed by atoms with Gasteiger partial charge in [-0.05, 0) is 194 Å². The maximum Gasteiger partial charge on any atom is 2.00 e. The van der Waals surface area contributed by atoms with E-state index in [1.165, 1.54) is 92.3 Å². The Morgan fingerprint density at radius 2 is 0.718 bits per heavy atom. The van der Waals surface area contributed by atoms with Gasteiger partial charge in [-0.25, -0.2) is 9.97 Å². The number of aromatic nitrogens is 4. The molecule has 0 fully saturated rings. The van der Waals surface area contributed by atoms with Crippen LogP contribution in [-0.4, -0.2) is 9.97 Å². The first-order valence-corrected chi connectivity index (χ1v) is 29.9. The van der Waals surface area contributed by atoms with Crippen molar-refractivity contribution in [3.05, 3.63) is 203 Å². The van der Waals surface area contributed by atoms with Crippen molar-refractivity contribution in [3.8, 4) is 33.4 Å². The van der Waals surface area contributed by atoms with Gasteiger partial charge < -0.3 is 9.97 Å². The van der Waals surface area contributed by atoms with Gasteiger partial charge in [0.1, 0.15) is 0 Å². The average molecular weight is 1150 g/mol. The van der Waals surface area contributed by atoms with Crippen LogP contribution in [0, 0.1) is 0 Å². The maximum atomic E-state index is 6.01. The molecule has 0 aliphatic carbocycles. The molecule has 5 heteroatoms. The fraction of sp³-hybridized carbons (Fsp3) is 0.200. The van der Waals surface area contributed by atoms with Crippen LogP contribution in [-0.2, 0) is 41.1 Å². The molecule has 0 N–H and O–H groups in total. The molecule has 408 valence electrons. The van der Waals surface area contributed by atoms with Gasteiger partial charge in [0, 0.05) is 0 Å².